The van der Waals surface area contributed by atoms with Crippen molar-refractivity contribution in [3.8, 4) is 5.75 Å². The first-order valence-corrected chi connectivity index (χ1v) is 12.0. The molecule has 2 saturated heterocycles. The molecular formula is C24H28N4O2S. The zero-order valence-electron chi connectivity index (χ0n) is 17.9. The van der Waals surface area contributed by atoms with Crippen LogP contribution in [-0.2, 0) is 4.79 Å². The standard InChI is InChI=1S/C24H28N4O2S/c1-18-6-2-3-7-20(18)30-16-21(29)28-13-5-10-24(28)9-4-12-27(14-11-24)23-22-19(8-15-31-22)25-17-26-23/h2-3,6-8,15,17H,4-5,9-14,16H2,1H3. The van der Waals surface area contributed by atoms with Crippen molar-refractivity contribution in [3.05, 3.63) is 47.6 Å². The lowest BCUT2D eigenvalue weighted by Crippen LogP contribution is -2.49. The van der Waals surface area contributed by atoms with Crippen LogP contribution in [-0.4, -0.2) is 52.6 Å². The van der Waals surface area contributed by atoms with Crippen LogP contribution in [0.1, 0.15) is 37.7 Å². The average Bonchev–Trinajstić information content (AvgIpc) is 3.37. The number of para-hydroxylation sites is 1. The Morgan fingerprint density at radius 1 is 1.10 bits per heavy atom. The number of ether oxygens (including phenoxy) is 1. The molecular weight excluding hydrogens is 408 g/mol. The number of carbonyl (C=O) groups excluding carboxylic acids is 1. The van der Waals surface area contributed by atoms with E-state index in [1.165, 1.54) is 0 Å². The van der Waals surface area contributed by atoms with Gasteiger partial charge in [0.05, 0.1) is 10.2 Å². The number of aromatic nitrogens is 2. The van der Waals surface area contributed by atoms with Gasteiger partial charge in [-0.2, -0.15) is 0 Å². The predicted octanol–water partition coefficient (Wildman–Crippen LogP) is 4.43. The fourth-order valence-corrected chi connectivity index (χ4v) is 6.04. The normalized spacial score (nSPS) is 21.6. The Morgan fingerprint density at radius 2 is 1.94 bits per heavy atom. The number of likely N-dealkylation sites (tertiary alicyclic amines) is 1. The van der Waals surface area contributed by atoms with Crippen LogP contribution in [0.3, 0.4) is 0 Å². The van der Waals surface area contributed by atoms with Gasteiger partial charge in [0.2, 0.25) is 0 Å². The third kappa shape index (κ3) is 3.87. The molecule has 0 radical (unpaired) electrons. The first-order chi connectivity index (χ1) is 15.2. The van der Waals surface area contributed by atoms with Gasteiger partial charge >= 0.3 is 0 Å². The summed E-state index contributed by atoms with van der Waals surface area (Å²) in [6, 6.07) is 9.92. The number of carbonyl (C=O) groups is 1. The Balaban J connectivity index is 1.29. The molecule has 1 aromatic carbocycles. The highest BCUT2D eigenvalue weighted by molar-refractivity contribution is 7.17. The van der Waals surface area contributed by atoms with Crippen molar-refractivity contribution in [1.29, 1.82) is 0 Å². The highest BCUT2D eigenvalue weighted by Gasteiger charge is 2.44. The number of benzene rings is 1. The van der Waals surface area contributed by atoms with Gasteiger partial charge < -0.3 is 14.5 Å². The van der Waals surface area contributed by atoms with E-state index in [1.807, 2.05) is 31.2 Å². The van der Waals surface area contributed by atoms with Gasteiger partial charge in [0.15, 0.2) is 6.61 Å². The van der Waals surface area contributed by atoms with Gasteiger partial charge in [0.1, 0.15) is 17.9 Å². The minimum Gasteiger partial charge on any atom is -0.484 e. The molecule has 7 heteroatoms. The molecule has 2 aliphatic rings. The number of nitrogens with zero attached hydrogens (tertiary/aromatic N) is 4. The Bertz CT molecular complexity index is 1080. The van der Waals surface area contributed by atoms with E-state index in [9.17, 15) is 4.79 Å². The second kappa shape index (κ2) is 8.46. The van der Waals surface area contributed by atoms with Gasteiger partial charge in [-0.25, -0.2) is 9.97 Å². The van der Waals surface area contributed by atoms with Gasteiger partial charge in [-0.15, -0.1) is 11.3 Å². The Morgan fingerprint density at radius 3 is 2.81 bits per heavy atom. The summed E-state index contributed by atoms with van der Waals surface area (Å²) in [5.41, 5.74) is 2.02. The molecule has 2 fully saturated rings. The average molecular weight is 437 g/mol. The van der Waals surface area contributed by atoms with Crippen LogP contribution in [0.2, 0.25) is 0 Å². The quantitative estimate of drug-likeness (QED) is 0.606. The lowest BCUT2D eigenvalue weighted by Gasteiger charge is -2.38. The first-order valence-electron chi connectivity index (χ1n) is 11.1. The fraction of sp³-hybridized carbons (Fsp3) is 0.458. The summed E-state index contributed by atoms with van der Waals surface area (Å²) in [6.45, 7) is 4.82. The third-order valence-electron chi connectivity index (χ3n) is 6.78. The molecule has 162 valence electrons. The highest BCUT2D eigenvalue weighted by Crippen LogP contribution is 2.40. The largest absolute Gasteiger partial charge is 0.484 e. The lowest BCUT2D eigenvalue weighted by molar-refractivity contribution is -0.138. The van der Waals surface area contributed by atoms with E-state index < -0.39 is 0 Å². The topological polar surface area (TPSA) is 58.6 Å². The molecule has 1 amide bonds. The number of hydrogen-bond donors (Lipinski definition) is 0. The molecule has 0 N–H and O–H groups in total. The van der Waals surface area contributed by atoms with Crippen molar-refractivity contribution >= 4 is 33.3 Å². The fourth-order valence-electron chi connectivity index (χ4n) is 5.18. The van der Waals surface area contributed by atoms with Gasteiger partial charge in [0, 0.05) is 25.2 Å². The van der Waals surface area contributed by atoms with Crippen molar-refractivity contribution in [3.63, 3.8) is 0 Å². The molecule has 1 atom stereocenters. The zero-order valence-corrected chi connectivity index (χ0v) is 18.7. The van der Waals surface area contributed by atoms with E-state index in [2.05, 4.69) is 31.2 Å². The first kappa shape index (κ1) is 20.2. The van der Waals surface area contributed by atoms with Crippen molar-refractivity contribution in [2.45, 2.75) is 44.6 Å². The van der Waals surface area contributed by atoms with Crippen molar-refractivity contribution in [2.75, 3.05) is 31.1 Å². The molecule has 5 rings (SSSR count). The summed E-state index contributed by atoms with van der Waals surface area (Å²) in [7, 11) is 0. The van der Waals surface area contributed by atoms with E-state index >= 15 is 0 Å². The second-order valence-electron chi connectivity index (χ2n) is 8.60. The Labute approximate surface area is 186 Å². The van der Waals surface area contributed by atoms with E-state index in [0.717, 1.165) is 79.1 Å². The highest BCUT2D eigenvalue weighted by atomic mass is 32.1. The lowest BCUT2D eigenvalue weighted by atomic mass is 9.87. The van der Waals surface area contributed by atoms with E-state index in [4.69, 9.17) is 4.74 Å². The van der Waals surface area contributed by atoms with Crippen LogP contribution in [0.5, 0.6) is 5.75 Å². The third-order valence-corrected chi connectivity index (χ3v) is 7.68. The van der Waals surface area contributed by atoms with Crippen molar-refractivity contribution < 1.29 is 9.53 Å². The number of anilines is 1. The SMILES string of the molecule is Cc1ccccc1OCC(=O)N1CCCC12CCCN(c1ncnc3ccsc13)CC2. The van der Waals surface area contributed by atoms with Crippen LogP contribution in [0.4, 0.5) is 5.82 Å². The molecule has 2 aliphatic heterocycles. The summed E-state index contributed by atoms with van der Waals surface area (Å²) in [6.07, 6.45) is 6.88. The molecule has 6 nitrogen and oxygen atoms in total. The molecule has 0 saturated carbocycles. The number of rotatable bonds is 4. The molecule has 1 unspecified atom stereocenters. The minimum atomic E-state index is -0.0531. The van der Waals surface area contributed by atoms with Crippen LogP contribution < -0.4 is 9.64 Å². The number of fused-ring (bicyclic) bond motifs is 1. The van der Waals surface area contributed by atoms with E-state index in [0.29, 0.717) is 0 Å². The summed E-state index contributed by atoms with van der Waals surface area (Å²) in [4.78, 5) is 26.7. The summed E-state index contributed by atoms with van der Waals surface area (Å²) >= 11 is 1.70. The molecule has 2 aromatic heterocycles. The molecule has 4 heterocycles. The van der Waals surface area contributed by atoms with Crippen molar-refractivity contribution in [2.24, 2.45) is 0 Å². The van der Waals surface area contributed by atoms with Crippen molar-refractivity contribution in [1.82, 2.24) is 14.9 Å². The predicted molar refractivity (Wildman–Crippen MR) is 124 cm³/mol. The summed E-state index contributed by atoms with van der Waals surface area (Å²) in [5, 5.41) is 2.08. The van der Waals surface area contributed by atoms with E-state index in [1.54, 1.807) is 17.7 Å². The van der Waals surface area contributed by atoms with Crippen LogP contribution in [0.15, 0.2) is 42.0 Å². The number of aryl methyl sites for hydroxylation is 1. The molecule has 31 heavy (non-hydrogen) atoms. The molecule has 1 spiro atoms. The van der Waals surface area contributed by atoms with Gasteiger partial charge in [-0.1, -0.05) is 18.2 Å². The zero-order chi connectivity index (χ0) is 21.3. The number of thiophene rings is 1. The molecule has 0 bridgehead atoms. The maximum Gasteiger partial charge on any atom is 0.260 e. The maximum atomic E-state index is 13.2. The molecule has 3 aromatic rings. The monoisotopic (exact) mass is 436 g/mol. The second-order valence-corrected chi connectivity index (χ2v) is 9.52. The summed E-state index contributed by atoms with van der Waals surface area (Å²) in [5.74, 6) is 1.94. The van der Waals surface area contributed by atoms with Gasteiger partial charge in [-0.3, -0.25) is 4.79 Å². The summed E-state index contributed by atoms with van der Waals surface area (Å²) < 4.78 is 7.05. The van der Waals surface area contributed by atoms with Crippen LogP contribution in [0, 0.1) is 6.92 Å². The Hall–Kier alpha value is -2.67. The molecule has 0 aliphatic carbocycles. The smallest absolute Gasteiger partial charge is 0.260 e. The minimum absolute atomic E-state index is 0.0531. The van der Waals surface area contributed by atoms with Gasteiger partial charge in [-0.05, 0) is 62.1 Å². The number of amides is 1. The van der Waals surface area contributed by atoms with Crippen LogP contribution >= 0.6 is 11.3 Å². The maximum absolute atomic E-state index is 13.2. The Kier molecular flexibility index (Phi) is 5.52. The van der Waals surface area contributed by atoms with E-state index in [-0.39, 0.29) is 18.1 Å². The van der Waals surface area contributed by atoms with Gasteiger partial charge in [0.25, 0.3) is 5.91 Å². The van der Waals surface area contributed by atoms with Crippen LogP contribution in [0.25, 0.3) is 10.2 Å². The number of hydrogen-bond acceptors (Lipinski definition) is 6.